The van der Waals surface area contributed by atoms with Gasteiger partial charge in [0, 0.05) is 9.81 Å². The monoisotopic (exact) mass is 338 g/mol. The molecule has 0 aliphatic rings. The van der Waals surface area contributed by atoms with Crippen LogP contribution in [-0.2, 0) is 0 Å². The Morgan fingerprint density at radius 2 is 1.60 bits per heavy atom. The van der Waals surface area contributed by atoms with Crippen LogP contribution in [-0.4, -0.2) is 26.6 Å². The molecular weight excluding hydrogens is 336 g/mol. The zero-order chi connectivity index (χ0) is 8.36. The number of aliphatic hydroxyl groups is 3. The van der Waals surface area contributed by atoms with Crippen molar-refractivity contribution in [2.24, 2.45) is 0 Å². The highest BCUT2D eigenvalue weighted by molar-refractivity contribution is 9.15. The fourth-order valence-corrected chi connectivity index (χ4v) is 1.30. The smallest absolute Gasteiger partial charge is 0.312 e. The molecule has 0 aliphatic carbocycles. The SMILES string of the molecule is OC(O)(O)C(Br)=C(Br)CBr. The van der Waals surface area contributed by atoms with Gasteiger partial charge in [0.15, 0.2) is 0 Å². The molecular formula is C4H5Br3O3. The van der Waals surface area contributed by atoms with Crippen molar-refractivity contribution < 1.29 is 15.3 Å². The molecule has 3 nitrogen and oxygen atoms in total. The van der Waals surface area contributed by atoms with E-state index in [9.17, 15) is 0 Å². The number of alkyl halides is 1. The normalized spacial score (nSPS) is 15.0. The molecule has 0 atom stereocenters. The van der Waals surface area contributed by atoms with Crippen LogP contribution in [0.1, 0.15) is 0 Å². The third-order valence-corrected chi connectivity index (χ3v) is 4.18. The minimum Gasteiger partial charge on any atom is -0.339 e. The van der Waals surface area contributed by atoms with Crippen LogP contribution in [0.2, 0.25) is 0 Å². The molecule has 0 aromatic heterocycles. The molecule has 0 heterocycles. The molecule has 0 aromatic rings. The third-order valence-electron chi connectivity index (χ3n) is 0.650. The fourth-order valence-electron chi connectivity index (χ4n) is 0.241. The minimum atomic E-state index is -2.80. The van der Waals surface area contributed by atoms with Gasteiger partial charge >= 0.3 is 5.97 Å². The number of allylic oxidation sites excluding steroid dienone is 1. The summed E-state index contributed by atoms with van der Waals surface area (Å²) in [5, 5.41) is 26.0. The van der Waals surface area contributed by atoms with Gasteiger partial charge < -0.3 is 15.3 Å². The highest BCUT2D eigenvalue weighted by Crippen LogP contribution is 2.26. The Kier molecular flexibility index (Phi) is 4.62. The lowest BCUT2D eigenvalue weighted by molar-refractivity contribution is -0.275. The second-order valence-electron chi connectivity index (χ2n) is 1.49. The highest BCUT2D eigenvalue weighted by atomic mass is 79.9. The first kappa shape index (κ1) is 11.1. The van der Waals surface area contributed by atoms with Crippen LogP contribution >= 0.6 is 47.8 Å². The van der Waals surface area contributed by atoms with E-state index in [0.29, 0.717) is 9.81 Å². The summed E-state index contributed by atoms with van der Waals surface area (Å²) >= 11 is 8.80. The summed E-state index contributed by atoms with van der Waals surface area (Å²) in [6.07, 6.45) is 0. The molecule has 0 saturated carbocycles. The zero-order valence-corrected chi connectivity index (χ0v) is 9.44. The van der Waals surface area contributed by atoms with Crippen molar-refractivity contribution in [2.75, 3.05) is 5.33 Å². The standard InChI is InChI=1S/C4H5Br3O3/c5-1-2(6)3(7)4(8,9)10/h8-10H,1H2. The van der Waals surface area contributed by atoms with Gasteiger partial charge in [-0.05, 0) is 15.9 Å². The molecule has 0 radical (unpaired) electrons. The summed E-state index contributed by atoms with van der Waals surface area (Å²) in [5.41, 5.74) is 0. The van der Waals surface area contributed by atoms with Gasteiger partial charge in [-0.1, -0.05) is 31.9 Å². The maximum Gasteiger partial charge on any atom is 0.312 e. The van der Waals surface area contributed by atoms with Crippen molar-refractivity contribution in [2.45, 2.75) is 5.97 Å². The maximum absolute atomic E-state index is 8.54. The lowest BCUT2D eigenvalue weighted by Gasteiger charge is -2.13. The highest BCUT2D eigenvalue weighted by Gasteiger charge is 2.25. The Morgan fingerprint density at radius 1 is 1.20 bits per heavy atom. The molecule has 0 aromatic carbocycles. The van der Waals surface area contributed by atoms with E-state index in [1.807, 2.05) is 0 Å². The van der Waals surface area contributed by atoms with Crippen LogP contribution in [0, 0.1) is 0 Å². The molecule has 0 aliphatic heterocycles. The largest absolute Gasteiger partial charge is 0.339 e. The van der Waals surface area contributed by atoms with Crippen LogP contribution in [0.3, 0.4) is 0 Å². The molecule has 0 unspecified atom stereocenters. The summed E-state index contributed by atoms with van der Waals surface area (Å²) in [6.45, 7) is 0. The van der Waals surface area contributed by atoms with Gasteiger partial charge in [0.05, 0.1) is 4.48 Å². The first-order chi connectivity index (χ1) is 4.39. The molecule has 3 N–H and O–H groups in total. The predicted octanol–water partition coefficient (Wildman–Crippen LogP) is 1.01. The van der Waals surface area contributed by atoms with E-state index >= 15 is 0 Å². The van der Waals surface area contributed by atoms with Crippen LogP contribution < -0.4 is 0 Å². The van der Waals surface area contributed by atoms with Crippen molar-refractivity contribution in [1.82, 2.24) is 0 Å². The summed E-state index contributed by atoms with van der Waals surface area (Å²) < 4.78 is 0.317. The van der Waals surface area contributed by atoms with Crippen molar-refractivity contribution in [3.05, 3.63) is 8.96 Å². The van der Waals surface area contributed by atoms with Gasteiger partial charge in [-0.25, -0.2) is 0 Å². The topological polar surface area (TPSA) is 60.7 Å². The van der Waals surface area contributed by atoms with E-state index in [1.165, 1.54) is 0 Å². The molecule has 0 saturated heterocycles. The van der Waals surface area contributed by atoms with Crippen molar-refractivity contribution in [3.8, 4) is 0 Å². The summed E-state index contributed by atoms with van der Waals surface area (Å²) in [7, 11) is 0. The second kappa shape index (κ2) is 4.18. The Morgan fingerprint density at radius 3 is 1.70 bits per heavy atom. The Labute approximate surface area is 83.1 Å². The van der Waals surface area contributed by atoms with Gasteiger partial charge in [-0.15, -0.1) is 0 Å². The molecule has 10 heavy (non-hydrogen) atoms. The van der Waals surface area contributed by atoms with Crippen LogP contribution in [0.15, 0.2) is 8.96 Å². The van der Waals surface area contributed by atoms with Crippen LogP contribution in [0.25, 0.3) is 0 Å². The molecule has 0 bridgehead atoms. The zero-order valence-electron chi connectivity index (χ0n) is 4.68. The Bertz CT molecular complexity index is 148. The third kappa shape index (κ3) is 3.45. The number of halogens is 3. The van der Waals surface area contributed by atoms with Gasteiger partial charge in [0.25, 0.3) is 0 Å². The number of rotatable bonds is 2. The first-order valence-electron chi connectivity index (χ1n) is 2.17. The van der Waals surface area contributed by atoms with E-state index in [0.717, 1.165) is 0 Å². The molecule has 0 amide bonds. The van der Waals surface area contributed by atoms with Crippen LogP contribution in [0.4, 0.5) is 0 Å². The Balaban J connectivity index is 4.47. The molecule has 60 valence electrons. The Hall–Kier alpha value is 1.06. The van der Waals surface area contributed by atoms with Crippen LogP contribution in [0.5, 0.6) is 0 Å². The minimum absolute atomic E-state index is 0.114. The van der Waals surface area contributed by atoms with Crippen molar-refractivity contribution in [3.63, 3.8) is 0 Å². The second-order valence-corrected chi connectivity index (χ2v) is 3.80. The predicted molar refractivity (Wildman–Crippen MR) is 48.1 cm³/mol. The van der Waals surface area contributed by atoms with Gasteiger partial charge in [0.1, 0.15) is 0 Å². The number of hydrogen-bond acceptors (Lipinski definition) is 3. The summed E-state index contributed by atoms with van der Waals surface area (Å²) in [5.74, 6) is -2.80. The van der Waals surface area contributed by atoms with E-state index in [4.69, 9.17) is 15.3 Å². The van der Waals surface area contributed by atoms with E-state index in [-0.39, 0.29) is 4.48 Å². The molecule has 6 heteroatoms. The van der Waals surface area contributed by atoms with Gasteiger partial charge in [-0.2, -0.15) is 0 Å². The van der Waals surface area contributed by atoms with E-state index in [2.05, 4.69) is 47.8 Å². The molecule has 0 spiro atoms. The lowest BCUT2D eigenvalue weighted by atomic mass is 10.5. The molecule has 0 fully saturated rings. The first-order valence-corrected chi connectivity index (χ1v) is 4.88. The summed E-state index contributed by atoms with van der Waals surface area (Å²) in [4.78, 5) is 0. The lowest BCUT2D eigenvalue weighted by Crippen LogP contribution is -2.27. The quantitative estimate of drug-likeness (QED) is 0.519. The fraction of sp³-hybridized carbons (Fsp3) is 0.500. The average Bonchev–Trinajstić information content (AvgIpc) is 1.83. The van der Waals surface area contributed by atoms with Gasteiger partial charge in [-0.3, -0.25) is 0 Å². The van der Waals surface area contributed by atoms with E-state index in [1.54, 1.807) is 0 Å². The molecule has 0 rings (SSSR count). The van der Waals surface area contributed by atoms with Crippen molar-refractivity contribution >= 4 is 47.8 Å². The van der Waals surface area contributed by atoms with E-state index < -0.39 is 5.97 Å². The summed E-state index contributed by atoms with van der Waals surface area (Å²) in [6, 6.07) is 0. The average molecular weight is 341 g/mol. The maximum atomic E-state index is 8.54. The number of hydrogen-bond donors (Lipinski definition) is 3. The van der Waals surface area contributed by atoms with Crippen molar-refractivity contribution in [1.29, 1.82) is 0 Å². The van der Waals surface area contributed by atoms with Gasteiger partial charge in [0.2, 0.25) is 0 Å².